The summed E-state index contributed by atoms with van der Waals surface area (Å²) >= 11 is 0. The van der Waals surface area contributed by atoms with Gasteiger partial charge in [-0.25, -0.2) is 13.5 Å². The van der Waals surface area contributed by atoms with Gasteiger partial charge in [-0.3, -0.25) is 0 Å². The molecule has 3 nitrogen and oxygen atoms in total. The van der Waals surface area contributed by atoms with E-state index in [4.69, 9.17) is 0 Å². The first-order valence-electron chi connectivity index (χ1n) is 9.23. The van der Waals surface area contributed by atoms with E-state index in [-0.39, 0.29) is 34.2 Å². The molecule has 0 fully saturated rings. The van der Waals surface area contributed by atoms with Crippen LogP contribution in [0.15, 0.2) is 65.8 Å². The Bertz CT molecular complexity index is 1020. The van der Waals surface area contributed by atoms with Gasteiger partial charge in [-0.1, -0.05) is 19.1 Å². The highest BCUT2D eigenvalue weighted by Gasteiger charge is 2.42. The Kier molecular flexibility index (Phi) is 7.53. The number of hydrogen-bond donors (Lipinski definition) is 1. The molecule has 0 saturated carbocycles. The summed E-state index contributed by atoms with van der Waals surface area (Å²) in [6.45, 7) is 6.14. The molecule has 2 rings (SSSR count). The van der Waals surface area contributed by atoms with E-state index in [1.807, 2.05) is 0 Å². The highest BCUT2D eigenvalue weighted by Crippen LogP contribution is 2.36. The van der Waals surface area contributed by atoms with Crippen LogP contribution in [-0.2, 0) is 12.4 Å². The van der Waals surface area contributed by atoms with Gasteiger partial charge in [0.2, 0.25) is 0 Å². The number of allylic oxidation sites excluding steroid dienone is 3. The summed E-state index contributed by atoms with van der Waals surface area (Å²) in [5.41, 5.74) is -3.11. The van der Waals surface area contributed by atoms with Crippen molar-refractivity contribution in [1.82, 2.24) is 9.78 Å². The zero-order valence-electron chi connectivity index (χ0n) is 17.0. The molecule has 174 valence electrons. The maximum atomic E-state index is 14.3. The molecule has 0 bridgehead atoms. The summed E-state index contributed by atoms with van der Waals surface area (Å²) in [4.78, 5) is 0. The van der Waals surface area contributed by atoms with Crippen molar-refractivity contribution < 1.29 is 35.1 Å². The van der Waals surface area contributed by atoms with Crippen LogP contribution in [0.25, 0.3) is 5.69 Å². The predicted octanol–water partition coefficient (Wildman–Crippen LogP) is 7.38. The van der Waals surface area contributed by atoms with Gasteiger partial charge in [-0.2, -0.15) is 31.4 Å². The standard InChI is InChI=1S/C21H19F8N3/c1-4-12(2)9-17(23)16(13(3)22)11-30-14-5-7-15(8-6-14)32-19(21(27,28)29)10-18(31-32)20(24,25)26/h5-10,30H,2,4,11H2,1,3H3. The van der Waals surface area contributed by atoms with E-state index in [0.717, 1.165) is 25.1 Å². The second-order valence-corrected chi connectivity index (χ2v) is 6.74. The number of rotatable bonds is 7. The highest BCUT2D eigenvalue weighted by molar-refractivity contribution is 5.51. The first-order valence-corrected chi connectivity index (χ1v) is 9.23. The lowest BCUT2D eigenvalue weighted by atomic mass is 10.1. The molecule has 1 heterocycles. The lowest BCUT2D eigenvalue weighted by Crippen LogP contribution is -2.13. The van der Waals surface area contributed by atoms with Crippen LogP contribution in [0.4, 0.5) is 40.8 Å². The third-order valence-corrected chi connectivity index (χ3v) is 4.36. The number of halogens is 8. The topological polar surface area (TPSA) is 29.9 Å². The van der Waals surface area contributed by atoms with E-state index in [1.165, 1.54) is 12.1 Å². The summed E-state index contributed by atoms with van der Waals surface area (Å²) in [7, 11) is 0. The monoisotopic (exact) mass is 465 g/mol. The zero-order valence-corrected chi connectivity index (χ0v) is 17.0. The average Bonchev–Trinajstić information content (AvgIpc) is 3.14. The van der Waals surface area contributed by atoms with Crippen molar-refractivity contribution in [3.8, 4) is 5.69 Å². The normalized spacial score (nSPS) is 13.8. The van der Waals surface area contributed by atoms with Crippen LogP contribution in [-0.4, -0.2) is 16.3 Å². The molecule has 0 aliphatic heterocycles. The Hall–Kier alpha value is -3.11. The Balaban J connectivity index is 2.28. The molecule has 0 unspecified atom stereocenters. The van der Waals surface area contributed by atoms with Crippen LogP contribution in [0.2, 0.25) is 0 Å². The largest absolute Gasteiger partial charge is 0.435 e. The fraction of sp³-hybridized carbons (Fsp3) is 0.286. The lowest BCUT2D eigenvalue weighted by molar-refractivity contribution is -0.143. The summed E-state index contributed by atoms with van der Waals surface area (Å²) in [5.74, 6) is -1.61. The van der Waals surface area contributed by atoms with E-state index >= 15 is 0 Å². The Morgan fingerprint density at radius 1 is 1.06 bits per heavy atom. The van der Waals surface area contributed by atoms with E-state index in [2.05, 4.69) is 17.0 Å². The van der Waals surface area contributed by atoms with Gasteiger partial charge in [0.1, 0.15) is 17.3 Å². The van der Waals surface area contributed by atoms with E-state index in [9.17, 15) is 35.1 Å². The molecule has 32 heavy (non-hydrogen) atoms. The lowest BCUT2D eigenvalue weighted by Gasteiger charge is -2.12. The second kappa shape index (κ2) is 9.58. The predicted molar refractivity (Wildman–Crippen MR) is 104 cm³/mol. The number of nitrogens with zero attached hydrogens (tertiary/aromatic N) is 2. The smallest absolute Gasteiger partial charge is 0.381 e. The first kappa shape index (κ1) is 25.2. The number of benzene rings is 1. The molecular weight excluding hydrogens is 446 g/mol. The zero-order chi connectivity index (χ0) is 24.3. The number of hydrogen-bond acceptors (Lipinski definition) is 2. The molecule has 0 spiro atoms. The number of alkyl halides is 6. The van der Waals surface area contributed by atoms with Gasteiger partial charge in [0, 0.05) is 23.9 Å². The van der Waals surface area contributed by atoms with Gasteiger partial charge in [-0.05, 0) is 43.7 Å². The first-order chi connectivity index (χ1) is 14.7. The quantitative estimate of drug-likeness (QED) is 0.341. The van der Waals surface area contributed by atoms with Gasteiger partial charge in [-0.15, -0.1) is 0 Å². The van der Waals surface area contributed by atoms with Crippen molar-refractivity contribution in [2.45, 2.75) is 32.6 Å². The fourth-order valence-corrected chi connectivity index (χ4v) is 2.57. The van der Waals surface area contributed by atoms with Gasteiger partial charge in [0.25, 0.3) is 0 Å². The summed E-state index contributed by atoms with van der Waals surface area (Å²) in [6.07, 6.45) is -8.57. The molecule has 0 aliphatic rings. The van der Waals surface area contributed by atoms with Crippen molar-refractivity contribution in [3.63, 3.8) is 0 Å². The molecule has 0 atom stereocenters. The Morgan fingerprint density at radius 2 is 1.66 bits per heavy atom. The highest BCUT2D eigenvalue weighted by atomic mass is 19.4. The minimum atomic E-state index is -5.07. The molecule has 0 amide bonds. The van der Waals surface area contributed by atoms with Gasteiger partial charge < -0.3 is 5.32 Å². The van der Waals surface area contributed by atoms with Crippen LogP contribution in [0.5, 0.6) is 0 Å². The SMILES string of the molecule is C=C(C=C(F)C(CNc1ccc(-n2nc(C(F)(F)F)cc2C(F)(F)F)cc1)=C(C)F)CC. The number of nitrogens with one attached hydrogen (secondary N) is 1. The third kappa shape index (κ3) is 6.21. The molecule has 2 aromatic rings. The van der Waals surface area contributed by atoms with Gasteiger partial charge in [0.05, 0.1) is 5.69 Å². The maximum absolute atomic E-state index is 14.3. The number of anilines is 1. The minimum absolute atomic E-state index is 0.0769. The Morgan fingerprint density at radius 3 is 2.12 bits per heavy atom. The van der Waals surface area contributed by atoms with Crippen LogP contribution < -0.4 is 5.32 Å². The van der Waals surface area contributed by atoms with Crippen LogP contribution in [0.1, 0.15) is 31.7 Å². The van der Waals surface area contributed by atoms with Crippen molar-refractivity contribution >= 4 is 5.69 Å². The maximum Gasteiger partial charge on any atom is 0.435 e. The van der Waals surface area contributed by atoms with Crippen molar-refractivity contribution in [1.29, 1.82) is 0 Å². The summed E-state index contributed by atoms with van der Waals surface area (Å²) in [5, 5.41) is 5.74. The second-order valence-electron chi connectivity index (χ2n) is 6.74. The minimum Gasteiger partial charge on any atom is -0.381 e. The van der Waals surface area contributed by atoms with E-state index < -0.39 is 35.4 Å². The molecular formula is C21H19F8N3. The molecule has 11 heteroatoms. The fourth-order valence-electron chi connectivity index (χ4n) is 2.57. The Labute approximate surface area is 178 Å². The van der Waals surface area contributed by atoms with Crippen LogP contribution in [0.3, 0.4) is 0 Å². The summed E-state index contributed by atoms with van der Waals surface area (Å²) in [6, 6.07) is 4.63. The molecule has 0 saturated heterocycles. The molecule has 0 aliphatic carbocycles. The molecule has 1 aromatic heterocycles. The molecule has 1 N–H and O–H groups in total. The summed E-state index contributed by atoms with van der Waals surface area (Å²) < 4.78 is 106. The average molecular weight is 465 g/mol. The van der Waals surface area contributed by atoms with Gasteiger partial charge >= 0.3 is 12.4 Å². The number of aromatic nitrogens is 2. The van der Waals surface area contributed by atoms with E-state index in [1.54, 1.807) is 6.92 Å². The third-order valence-electron chi connectivity index (χ3n) is 4.36. The van der Waals surface area contributed by atoms with Crippen molar-refractivity contribution in [2.75, 3.05) is 11.9 Å². The van der Waals surface area contributed by atoms with E-state index in [0.29, 0.717) is 12.0 Å². The van der Waals surface area contributed by atoms with Crippen LogP contribution in [0, 0.1) is 0 Å². The molecule has 0 radical (unpaired) electrons. The van der Waals surface area contributed by atoms with Crippen molar-refractivity contribution in [2.24, 2.45) is 0 Å². The van der Waals surface area contributed by atoms with Crippen molar-refractivity contribution in [3.05, 3.63) is 77.2 Å². The van der Waals surface area contributed by atoms with Gasteiger partial charge in [0.15, 0.2) is 5.69 Å². The molecule has 1 aromatic carbocycles. The van der Waals surface area contributed by atoms with Crippen LogP contribution >= 0.6 is 0 Å².